The van der Waals surface area contributed by atoms with Gasteiger partial charge in [0.15, 0.2) is 5.82 Å². The summed E-state index contributed by atoms with van der Waals surface area (Å²) in [6, 6.07) is 7.46. The van der Waals surface area contributed by atoms with Crippen LogP contribution in [0.1, 0.15) is 5.56 Å². The lowest BCUT2D eigenvalue weighted by Gasteiger charge is -2.11. The van der Waals surface area contributed by atoms with Gasteiger partial charge in [0.25, 0.3) is 0 Å². The third-order valence-corrected chi connectivity index (χ3v) is 3.49. The van der Waals surface area contributed by atoms with Gasteiger partial charge in [0.2, 0.25) is 0 Å². The lowest BCUT2D eigenvalue weighted by molar-refractivity contribution is 1.30. The van der Waals surface area contributed by atoms with Crippen LogP contribution in [0.25, 0.3) is 0 Å². The molecule has 18 heavy (non-hydrogen) atoms. The SMILES string of the molecule is Cc1ccc(Br)cc1Nc1nc(N)c(Cl)cc1Cl. The highest BCUT2D eigenvalue weighted by Gasteiger charge is 2.08. The Labute approximate surface area is 123 Å². The number of anilines is 3. The Hall–Kier alpha value is -0.970. The topological polar surface area (TPSA) is 50.9 Å². The van der Waals surface area contributed by atoms with Gasteiger partial charge in [-0.25, -0.2) is 4.98 Å². The number of aromatic nitrogens is 1. The van der Waals surface area contributed by atoms with Crippen LogP contribution >= 0.6 is 39.1 Å². The minimum atomic E-state index is 0.246. The molecule has 0 aliphatic heterocycles. The molecule has 0 aliphatic rings. The summed E-state index contributed by atoms with van der Waals surface area (Å²) < 4.78 is 0.966. The molecule has 0 radical (unpaired) electrons. The zero-order valence-electron chi connectivity index (χ0n) is 9.47. The van der Waals surface area contributed by atoms with E-state index in [1.807, 2.05) is 25.1 Å². The monoisotopic (exact) mass is 345 g/mol. The number of benzene rings is 1. The Balaban J connectivity index is 2.40. The molecule has 2 aromatic rings. The molecule has 94 valence electrons. The van der Waals surface area contributed by atoms with Gasteiger partial charge in [-0.1, -0.05) is 45.2 Å². The Morgan fingerprint density at radius 2 is 1.94 bits per heavy atom. The highest BCUT2D eigenvalue weighted by atomic mass is 79.9. The van der Waals surface area contributed by atoms with Crippen LogP contribution in [0.15, 0.2) is 28.7 Å². The Morgan fingerprint density at radius 3 is 2.67 bits per heavy atom. The number of pyridine rings is 1. The van der Waals surface area contributed by atoms with Crippen molar-refractivity contribution in [2.24, 2.45) is 0 Å². The van der Waals surface area contributed by atoms with Gasteiger partial charge in [0.05, 0.1) is 10.0 Å². The van der Waals surface area contributed by atoms with Crippen LogP contribution in [-0.4, -0.2) is 4.98 Å². The van der Waals surface area contributed by atoms with Crippen molar-refractivity contribution >= 4 is 56.5 Å². The molecule has 0 spiro atoms. The van der Waals surface area contributed by atoms with Crippen molar-refractivity contribution in [2.75, 3.05) is 11.1 Å². The van der Waals surface area contributed by atoms with E-state index in [9.17, 15) is 0 Å². The smallest absolute Gasteiger partial charge is 0.151 e. The molecule has 6 heteroatoms. The molecule has 0 amide bonds. The number of nitrogens with two attached hydrogens (primary N) is 1. The molecule has 0 saturated heterocycles. The lowest BCUT2D eigenvalue weighted by Crippen LogP contribution is -2.00. The summed E-state index contributed by atoms with van der Waals surface area (Å²) in [6.45, 7) is 1.99. The summed E-state index contributed by atoms with van der Waals surface area (Å²) in [6.07, 6.45) is 0. The average molecular weight is 347 g/mol. The first-order chi connectivity index (χ1) is 8.47. The number of nitrogens with one attached hydrogen (secondary N) is 1. The van der Waals surface area contributed by atoms with Crippen LogP contribution in [0, 0.1) is 6.92 Å². The van der Waals surface area contributed by atoms with Gasteiger partial charge in [-0.2, -0.15) is 0 Å². The molecule has 0 atom stereocenters. The van der Waals surface area contributed by atoms with Crippen molar-refractivity contribution in [3.63, 3.8) is 0 Å². The van der Waals surface area contributed by atoms with Crippen molar-refractivity contribution in [3.05, 3.63) is 44.3 Å². The van der Waals surface area contributed by atoms with Crippen molar-refractivity contribution in [1.29, 1.82) is 0 Å². The number of halogens is 3. The summed E-state index contributed by atoms with van der Waals surface area (Å²) in [5.74, 6) is 0.732. The standard InChI is InChI=1S/C12H10BrCl2N3/c1-6-2-3-7(13)4-10(6)17-12-9(15)5-8(14)11(16)18-12/h2-5H,1H3,(H3,16,17,18). The number of hydrogen-bond donors (Lipinski definition) is 2. The van der Waals surface area contributed by atoms with Crippen molar-refractivity contribution in [3.8, 4) is 0 Å². The van der Waals surface area contributed by atoms with E-state index >= 15 is 0 Å². The first kappa shape index (κ1) is 13.5. The maximum absolute atomic E-state index is 6.07. The quantitative estimate of drug-likeness (QED) is 0.822. The molecule has 1 aromatic carbocycles. The normalized spacial score (nSPS) is 10.4. The summed E-state index contributed by atoms with van der Waals surface area (Å²) in [5, 5.41) is 3.91. The molecule has 0 fully saturated rings. The largest absolute Gasteiger partial charge is 0.382 e. The van der Waals surface area contributed by atoms with Gasteiger partial charge in [-0.3, -0.25) is 0 Å². The third-order valence-electron chi connectivity index (χ3n) is 2.41. The zero-order valence-corrected chi connectivity index (χ0v) is 12.6. The van der Waals surface area contributed by atoms with Gasteiger partial charge >= 0.3 is 0 Å². The van der Waals surface area contributed by atoms with Crippen LogP contribution in [0.2, 0.25) is 10.0 Å². The molecule has 2 rings (SSSR count). The molecule has 0 bridgehead atoms. The molecular formula is C12H10BrCl2N3. The second kappa shape index (κ2) is 5.34. The minimum absolute atomic E-state index is 0.246. The minimum Gasteiger partial charge on any atom is -0.382 e. The lowest BCUT2D eigenvalue weighted by atomic mass is 10.2. The van der Waals surface area contributed by atoms with Crippen LogP contribution < -0.4 is 11.1 Å². The van der Waals surface area contributed by atoms with E-state index in [0.717, 1.165) is 15.7 Å². The van der Waals surface area contributed by atoms with Gasteiger partial charge in [0.1, 0.15) is 5.82 Å². The fourth-order valence-electron chi connectivity index (χ4n) is 1.42. The number of aryl methyl sites for hydroxylation is 1. The van der Waals surface area contributed by atoms with E-state index in [0.29, 0.717) is 15.9 Å². The number of rotatable bonds is 2. The maximum Gasteiger partial charge on any atom is 0.151 e. The van der Waals surface area contributed by atoms with E-state index in [2.05, 4.69) is 26.2 Å². The van der Waals surface area contributed by atoms with Crippen molar-refractivity contribution in [1.82, 2.24) is 4.98 Å². The molecule has 0 saturated carbocycles. The van der Waals surface area contributed by atoms with Gasteiger partial charge in [0, 0.05) is 10.2 Å². The van der Waals surface area contributed by atoms with Crippen LogP contribution in [0.3, 0.4) is 0 Å². The van der Waals surface area contributed by atoms with Crippen molar-refractivity contribution in [2.45, 2.75) is 6.92 Å². The number of nitrogens with zero attached hydrogens (tertiary/aromatic N) is 1. The predicted molar refractivity (Wildman–Crippen MR) is 80.8 cm³/mol. The van der Waals surface area contributed by atoms with E-state index in [4.69, 9.17) is 28.9 Å². The Kier molecular flexibility index (Phi) is 4.00. The predicted octanol–water partition coefficient (Wildman–Crippen LogP) is 4.79. The molecule has 1 heterocycles. The van der Waals surface area contributed by atoms with Crippen LogP contribution in [0.4, 0.5) is 17.3 Å². The summed E-state index contributed by atoms with van der Waals surface area (Å²) >= 11 is 15.3. The Bertz CT molecular complexity index is 602. The van der Waals surface area contributed by atoms with Gasteiger partial charge in [-0.05, 0) is 30.7 Å². The Morgan fingerprint density at radius 1 is 1.22 bits per heavy atom. The number of nitrogen functional groups attached to an aromatic ring is 1. The third kappa shape index (κ3) is 2.88. The van der Waals surface area contributed by atoms with E-state index in [1.165, 1.54) is 0 Å². The number of hydrogen-bond acceptors (Lipinski definition) is 3. The second-order valence-corrected chi connectivity index (χ2v) is 5.50. The van der Waals surface area contributed by atoms with Crippen LogP contribution in [0.5, 0.6) is 0 Å². The average Bonchev–Trinajstić information content (AvgIpc) is 2.30. The highest BCUT2D eigenvalue weighted by Crippen LogP contribution is 2.31. The highest BCUT2D eigenvalue weighted by molar-refractivity contribution is 9.10. The van der Waals surface area contributed by atoms with E-state index in [1.54, 1.807) is 6.07 Å². The summed E-state index contributed by atoms with van der Waals surface area (Å²) in [7, 11) is 0. The fourth-order valence-corrected chi connectivity index (χ4v) is 2.19. The van der Waals surface area contributed by atoms with E-state index in [-0.39, 0.29) is 5.82 Å². The van der Waals surface area contributed by atoms with Crippen LogP contribution in [-0.2, 0) is 0 Å². The molecule has 1 aromatic heterocycles. The molecule has 0 unspecified atom stereocenters. The molecular weight excluding hydrogens is 337 g/mol. The second-order valence-electron chi connectivity index (χ2n) is 3.77. The molecule has 3 nitrogen and oxygen atoms in total. The fraction of sp³-hybridized carbons (Fsp3) is 0.0833. The summed E-state index contributed by atoms with van der Waals surface area (Å²) in [5.41, 5.74) is 7.64. The molecule has 0 aliphatic carbocycles. The van der Waals surface area contributed by atoms with E-state index < -0.39 is 0 Å². The first-order valence-corrected chi connectivity index (χ1v) is 6.67. The van der Waals surface area contributed by atoms with Gasteiger partial charge < -0.3 is 11.1 Å². The molecule has 3 N–H and O–H groups in total. The van der Waals surface area contributed by atoms with Crippen molar-refractivity contribution < 1.29 is 0 Å². The maximum atomic E-state index is 6.07. The summed E-state index contributed by atoms with van der Waals surface area (Å²) in [4.78, 5) is 4.13. The first-order valence-electron chi connectivity index (χ1n) is 5.12. The zero-order chi connectivity index (χ0) is 13.3. The van der Waals surface area contributed by atoms with Gasteiger partial charge in [-0.15, -0.1) is 0 Å².